The Hall–Kier alpha value is -3.92. The van der Waals surface area contributed by atoms with Gasteiger partial charge < -0.3 is 0 Å². The van der Waals surface area contributed by atoms with Gasteiger partial charge in [0.2, 0.25) is 0 Å². The Morgan fingerprint density at radius 2 is 0.735 bits per heavy atom. The summed E-state index contributed by atoms with van der Waals surface area (Å²) in [5.41, 5.74) is 6.45. The van der Waals surface area contributed by atoms with Gasteiger partial charge in [0, 0.05) is 35.4 Å². The van der Waals surface area contributed by atoms with Gasteiger partial charge in [-0.3, -0.25) is 9.59 Å². The lowest BCUT2D eigenvalue weighted by Crippen LogP contribution is -2.41. The second-order valence-corrected chi connectivity index (χ2v) is 9.27. The number of nitrogens with zero attached hydrogens (tertiary/aromatic N) is 2. The zero-order valence-electron chi connectivity index (χ0n) is 19.4. The summed E-state index contributed by atoms with van der Waals surface area (Å²) in [4.78, 5) is 22.5. The number of aryl methyl sites for hydroxylation is 2. The van der Waals surface area contributed by atoms with E-state index in [1.807, 2.05) is 38.4 Å². The Balaban J connectivity index is 1.66. The summed E-state index contributed by atoms with van der Waals surface area (Å²) in [5, 5.41) is 0. The highest BCUT2D eigenvalue weighted by Crippen LogP contribution is 2.66. The van der Waals surface area contributed by atoms with Crippen molar-refractivity contribution < 1.29 is 18.7 Å². The van der Waals surface area contributed by atoms with Crippen molar-refractivity contribution in [1.82, 2.24) is 0 Å². The lowest BCUT2D eigenvalue weighted by Gasteiger charge is -2.53. The molecular formula is C30H28N2O2+2. The molecule has 0 amide bonds. The average Bonchev–Trinajstić information content (AvgIpc) is 2.87. The van der Waals surface area contributed by atoms with Crippen molar-refractivity contribution in [1.29, 1.82) is 0 Å². The molecule has 0 radical (unpaired) electrons. The number of aldehydes is 2. The molecule has 34 heavy (non-hydrogen) atoms. The first-order chi connectivity index (χ1) is 16.6. The minimum atomic E-state index is 0.261. The summed E-state index contributed by atoms with van der Waals surface area (Å²) in [6, 6.07) is 24.9. The topological polar surface area (TPSA) is 41.9 Å². The van der Waals surface area contributed by atoms with E-state index in [1.165, 1.54) is 22.3 Å². The molecule has 0 N–H and O–H groups in total. The number of hydrogen-bond acceptors (Lipinski definition) is 2. The first-order valence-corrected chi connectivity index (χ1v) is 11.6. The van der Waals surface area contributed by atoms with Gasteiger partial charge in [-0.25, -0.2) is 9.13 Å². The van der Waals surface area contributed by atoms with Gasteiger partial charge in [0.15, 0.2) is 24.8 Å². The molecule has 1 saturated carbocycles. The molecule has 168 valence electrons. The van der Waals surface area contributed by atoms with Crippen molar-refractivity contribution in [2.45, 2.75) is 23.7 Å². The number of aromatic nitrogens is 2. The van der Waals surface area contributed by atoms with Crippen LogP contribution in [0.25, 0.3) is 0 Å². The molecule has 4 aromatic rings. The molecule has 1 aliphatic carbocycles. The minimum Gasteiger partial charge on any atom is -0.298 e. The number of carbonyl (C=O) groups excluding carboxylic acids is 2. The predicted molar refractivity (Wildman–Crippen MR) is 130 cm³/mol. The van der Waals surface area contributed by atoms with E-state index in [2.05, 4.69) is 82.5 Å². The standard InChI is InChI=1S/C30H28N2O2/c1-31-15-11-25(12-16-31)29-27(23-7-3-21(19-33)4-8-23)30(26-13-17-32(2)18-14-26)28(29)24-9-5-22(20-34)6-10-24/h3-20,27-30H,1-2H3/q+2. The van der Waals surface area contributed by atoms with Crippen LogP contribution < -0.4 is 9.13 Å². The zero-order chi connectivity index (χ0) is 23.7. The molecule has 5 rings (SSSR count). The lowest BCUT2D eigenvalue weighted by atomic mass is 9.49. The molecule has 0 atom stereocenters. The molecule has 0 aliphatic heterocycles. The van der Waals surface area contributed by atoms with Crippen molar-refractivity contribution >= 4 is 12.6 Å². The largest absolute Gasteiger partial charge is 0.298 e. The fourth-order valence-corrected chi connectivity index (χ4v) is 5.47. The van der Waals surface area contributed by atoms with Crippen LogP contribution in [0.1, 0.15) is 66.6 Å². The quantitative estimate of drug-likeness (QED) is 0.324. The van der Waals surface area contributed by atoms with Crippen LogP contribution in [-0.4, -0.2) is 12.6 Å². The summed E-state index contributed by atoms with van der Waals surface area (Å²) in [5.74, 6) is 1.06. The maximum absolute atomic E-state index is 11.3. The molecule has 4 nitrogen and oxygen atoms in total. The van der Waals surface area contributed by atoms with Gasteiger partial charge in [0.1, 0.15) is 26.7 Å². The van der Waals surface area contributed by atoms with E-state index in [-0.39, 0.29) is 23.7 Å². The van der Waals surface area contributed by atoms with Crippen molar-refractivity contribution in [2.24, 2.45) is 14.1 Å². The highest BCUT2D eigenvalue weighted by Gasteiger charge is 2.53. The summed E-state index contributed by atoms with van der Waals surface area (Å²) < 4.78 is 4.11. The molecule has 2 aromatic carbocycles. The van der Waals surface area contributed by atoms with Crippen molar-refractivity contribution in [2.75, 3.05) is 0 Å². The molecule has 2 aromatic heterocycles. The van der Waals surface area contributed by atoms with Crippen LogP contribution in [0.4, 0.5) is 0 Å². The first-order valence-electron chi connectivity index (χ1n) is 11.6. The molecule has 4 heteroatoms. The third kappa shape index (κ3) is 3.96. The van der Waals surface area contributed by atoms with Gasteiger partial charge in [-0.05, 0) is 45.9 Å². The fourth-order valence-electron chi connectivity index (χ4n) is 5.47. The van der Waals surface area contributed by atoms with Gasteiger partial charge in [0.05, 0.1) is 0 Å². The lowest BCUT2D eigenvalue weighted by molar-refractivity contribution is -0.671. The summed E-state index contributed by atoms with van der Waals surface area (Å²) in [7, 11) is 4.06. The molecule has 2 heterocycles. The van der Waals surface area contributed by atoms with E-state index in [9.17, 15) is 9.59 Å². The van der Waals surface area contributed by atoms with Crippen molar-refractivity contribution in [3.8, 4) is 0 Å². The highest BCUT2D eigenvalue weighted by atomic mass is 16.1. The Kier molecular flexibility index (Phi) is 5.89. The molecule has 0 bridgehead atoms. The average molecular weight is 449 g/mol. The number of hydrogen-bond donors (Lipinski definition) is 0. The SMILES string of the molecule is C[n+]1ccc(C2C(c3ccc(C=O)cc3)C(c3cc[n+](C)cc3)C2c2ccc(C=O)cc2)cc1. The maximum atomic E-state index is 11.3. The maximum Gasteiger partial charge on any atom is 0.168 e. The molecular weight excluding hydrogens is 420 g/mol. The Labute approximate surface area is 200 Å². The molecule has 0 unspecified atom stereocenters. The number of benzene rings is 2. The van der Waals surface area contributed by atoms with E-state index in [4.69, 9.17) is 0 Å². The molecule has 0 spiro atoms. The Morgan fingerprint density at radius 3 is 1.00 bits per heavy atom. The van der Waals surface area contributed by atoms with Gasteiger partial charge in [-0.15, -0.1) is 0 Å². The van der Waals surface area contributed by atoms with Crippen LogP contribution in [0.2, 0.25) is 0 Å². The van der Waals surface area contributed by atoms with Crippen molar-refractivity contribution in [3.05, 3.63) is 131 Å². The third-order valence-corrected chi connectivity index (χ3v) is 7.24. The smallest absolute Gasteiger partial charge is 0.168 e. The summed E-state index contributed by atoms with van der Waals surface area (Å²) in [6.07, 6.45) is 10.2. The summed E-state index contributed by atoms with van der Waals surface area (Å²) in [6.45, 7) is 0. The molecule has 1 aliphatic rings. The van der Waals surface area contributed by atoms with Gasteiger partial charge in [-0.1, -0.05) is 48.5 Å². The van der Waals surface area contributed by atoms with E-state index in [0.717, 1.165) is 12.6 Å². The van der Waals surface area contributed by atoms with Crippen LogP contribution in [-0.2, 0) is 14.1 Å². The second-order valence-electron chi connectivity index (χ2n) is 9.27. The first kappa shape index (κ1) is 21.9. The van der Waals surface area contributed by atoms with Crippen LogP contribution in [0.3, 0.4) is 0 Å². The van der Waals surface area contributed by atoms with Crippen LogP contribution in [0, 0.1) is 0 Å². The van der Waals surface area contributed by atoms with Crippen LogP contribution >= 0.6 is 0 Å². The molecule has 1 fully saturated rings. The monoisotopic (exact) mass is 448 g/mol. The van der Waals surface area contributed by atoms with Crippen molar-refractivity contribution in [3.63, 3.8) is 0 Å². The fraction of sp³-hybridized carbons (Fsp3) is 0.200. The van der Waals surface area contributed by atoms with Crippen LogP contribution in [0.5, 0.6) is 0 Å². The van der Waals surface area contributed by atoms with E-state index in [0.29, 0.717) is 11.1 Å². The van der Waals surface area contributed by atoms with E-state index < -0.39 is 0 Å². The van der Waals surface area contributed by atoms with Crippen LogP contribution in [0.15, 0.2) is 97.6 Å². The predicted octanol–water partition coefficient (Wildman–Crippen LogP) is 4.41. The number of pyridine rings is 2. The zero-order valence-corrected chi connectivity index (χ0v) is 19.4. The van der Waals surface area contributed by atoms with Gasteiger partial charge in [0.25, 0.3) is 0 Å². The molecule has 0 saturated heterocycles. The van der Waals surface area contributed by atoms with Gasteiger partial charge >= 0.3 is 0 Å². The Morgan fingerprint density at radius 1 is 0.471 bits per heavy atom. The normalized spacial score (nSPS) is 21.5. The van der Waals surface area contributed by atoms with E-state index >= 15 is 0 Å². The van der Waals surface area contributed by atoms with E-state index in [1.54, 1.807) is 0 Å². The summed E-state index contributed by atoms with van der Waals surface area (Å²) >= 11 is 0. The second kappa shape index (κ2) is 9.14. The minimum absolute atomic E-state index is 0.261. The number of rotatable bonds is 6. The third-order valence-electron chi connectivity index (χ3n) is 7.24. The van der Waals surface area contributed by atoms with Gasteiger partial charge in [-0.2, -0.15) is 0 Å². The Bertz CT molecular complexity index is 1180. The number of carbonyl (C=O) groups is 2. The highest BCUT2D eigenvalue weighted by molar-refractivity contribution is 5.75.